The zero-order valence-corrected chi connectivity index (χ0v) is 45.8. The topological polar surface area (TPSA) is 338 Å². The molecule has 0 unspecified atom stereocenters. The third-order valence-corrected chi connectivity index (χ3v) is 12.0. The number of esters is 1. The molecule has 5 heterocycles. The molecule has 0 fully saturated rings. The van der Waals surface area contributed by atoms with Gasteiger partial charge < -0.3 is 59.4 Å². The molecule has 0 aliphatic carbocycles. The Hall–Kier alpha value is -8.91. The fourth-order valence-electron chi connectivity index (χ4n) is 8.55. The molecule has 7 aromatic rings. The number of imidazole rings is 1. The summed E-state index contributed by atoms with van der Waals surface area (Å²) >= 11 is 0. The van der Waals surface area contributed by atoms with Gasteiger partial charge >= 0.3 is 18.0 Å². The number of carboxylic acids is 1. The fourth-order valence-corrected chi connectivity index (χ4v) is 8.55. The zero-order valence-electron chi connectivity index (χ0n) is 45.8. The highest BCUT2D eigenvalue weighted by atomic mass is 16.6. The summed E-state index contributed by atoms with van der Waals surface area (Å²) in [5.74, 6) is -2.35. The molecular weight excluding hydrogens is 1040 g/mol. The van der Waals surface area contributed by atoms with Crippen LogP contribution < -0.4 is 31.6 Å². The molecule has 0 spiro atoms. The molecule has 26 nitrogen and oxygen atoms in total. The summed E-state index contributed by atoms with van der Waals surface area (Å²) in [7, 11) is 0. The van der Waals surface area contributed by atoms with E-state index < -0.39 is 35.4 Å². The Bertz CT molecular complexity index is 3440. The third kappa shape index (κ3) is 15.0. The van der Waals surface area contributed by atoms with E-state index in [4.69, 9.17) is 59.9 Å². The van der Waals surface area contributed by atoms with Gasteiger partial charge in [0.2, 0.25) is 17.8 Å². The van der Waals surface area contributed by atoms with Crippen LogP contribution in [0.15, 0.2) is 54.7 Å². The van der Waals surface area contributed by atoms with Crippen molar-refractivity contribution in [3.8, 4) is 23.0 Å². The summed E-state index contributed by atoms with van der Waals surface area (Å²) in [5.41, 5.74) is 15.5. The minimum atomic E-state index is -1.07. The van der Waals surface area contributed by atoms with Crippen molar-refractivity contribution in [3.05, 3.63) is 83.0 Å². The largest absolute Gasteiger partial charge is 0.491 e. The number of anilines is 1. The van der Waals surface area contributed by atoms with E-state index in [9.17, 15) is 28.8 Å². The highest BCUT2D eigenvalue weighted by Crippen LogP contribution is 2.37. The molecule has 7 N–H and O–H groups in total. The van der Waals surface area contributed by atoms with Crippen LogP contribution >= 0.6 is 0 Å². The smallest absolute Gasteiger partial charge is 0.407 e. The molecule has 426 valence electrons. The number of fused-ring (bicyclic) bond motifs is 4. The summed E-state index contributed by atoms with van der Waals surface area (Å²) < 4.78 is 41.5. The van der Waals surface area contributed by atoms with Gasteiger partial charge in [0.15, 0.2) is 5.82 Å². The lowest BCUT2D eigenvalue weighted by atomic mass is 10.1. The zero-order chi connectivity index (χ0) is 57.7. The molecule has 0 aliphatic heterocycles. The number of rotatable bonds is 29. The number of carbonyl (C=O) groups is 6. The summed E-state index contributed by atoms with van der Waals surface area (Å²) in [4.78, 5) is 89.2. The molecule has 26 heteroatoms. The van der Waals surface area contributed by atoms with Crippen molar-refractivity contribution < 1.29 is 62.3 Å². The summed E-state index contributed by atoms with van der Waals surface area (Å²) in [6.07, 6.45) is 4.65. The lowest BCUT2D eigenvalue weighted by Gasteiger charge is -2.19. The second-order valence-electron chi connectivity index (χ2n) is 19.2. The molecule has 5 aromatic heterocycles. The Labute approximate surface area is 459 Å². The number of benzene rings is 2. The molecule has 0 radical (unpaired) electrons. The molecule has 80 heavy (non-hydrogen) atoms. The van der Waals surface area contributed by atoms with Gasteiger partial charge in [-0.3, -0.25) is 38.7 Å². The number of nitrogens with two attached hydrogens (primary N) is 2. The van der Waals surface area contributed by atoms with Gasteiger partial charge in [0.1, 0.15) is 46.3 Å². The Morgan fingerprint density at radius 2 is 1.35 bits per heavy atom. The molecule has 0 aliphatic rings. The molecule has 2 aromatic carbocycles. The van der Waals surface area contributed by atoms with Gasteiger partial charge in [-0.2, -0.15) is 10.2 Å². The van der Waals surface area contributed by atoms with Gasteiger partial charge in [-0.05, 0) is 84.9 Å². The van der Waals surface area contributed by atoms with Crippen LogP contribution in [0.3, 0.4) is 0 Å². The lowest BCUT2D eigenvalue weighted by Crippen LogP contribution is -2.27. The number of aryl methyl sites for hydroxylation is 4. The Morgan fingerprint density at radius 3 is 2.04 bits per heavy atom. The average Bonchev–Trinajstić information content (AvgIpc) is 4.17. The van der Waals surface area contributed by atoms with Gasteiger partial charge in [0.25, 0.3) is 5.91 Å². The van der Waals surface area contributed by atoms with Crippen LogP contribution in [0.2, 0.25) is 0 Å². The van der Waals surface area contributed by atoms with Crippen LogP contribution in [0.25, 0.3) is 44.5 Å². The standard InChI is InChI=1S/C54H67N13O13/c1-8-66-39(25-32(3)62-66)49-58-31-37-36-27-34(47(55)71)29-41(78-24-23-76-22-21-75-20-14-44(70)80-54(5,6)7)45(36)64(50(37)60-49)16-10-11-17-65-46-38(59-52(65)61-51(73)40-26-33(4)63-67(40)9-2)28-35(48(56)72)30-42(46)77-18-12-19-79-53(74)57-15-13-43(68)69/h10-11,25-31H,8-9,12-24H2,1-7H3,(H2,55,71)(H2,56,72)(H,57,74)(H,68,69)(H,59,61,73). The molecule has 0 atom stereocenters. The number of nitrogens with zero attached hydrogens (tertiary/aromatic N) is 9. The van der Waals surface area contributed by atoms with Crippen molar-refractivity contribution in [2.45, 2.75) is 99.5 Å². The molecular formula is C54H67N13O13. The number of aromatic nitrogens is 9. The van der Waals surface area contributed by atoms with E-state index in [1.807, 2.05) is 48.2 Å². The van der Waals surface area contributed by atoms with E-state index in [-0.39, 0.29) is 125 Å². The number of nitrogens with one attached hydrogen (secondary N) is 2. The first-order valence-electron chi connectivity index (χ1n) is 26.0. The summed E-state index contributed by atoms with van der Waals surface area (Å²) in [6, 6.07) is 9.75. The minimum absolute atomic E-state index is 0.00652. The molecule has 4 amide bonds. The number of carboxylic acid groups (broad SMARTS) is 1. The quantitative estimate of drug-likeness (QED) is 0.0220. The van der Waals surface area contributed by atoms with Crippen LogP contribution in [0, 0.1) is 13.8 Å². The first-order chi connectivity index (χ1) is 38.2. The van der Waals surface area contributed by atoms with Crippen LogP contribution in [-0.2, 0) is 54.7 Å². The van der Waals surface area contributed by atoms with Crippen molar-refractivity contribution in [3.63, 3.8) is 0 Å². The number of amides is 4. The van der Waals surface area contributed by atoms with Crippen LogP contribution in [0.1, 0.15) is 96.5 Å². The van der Waals surface area contributed by atoms with Crippen molar-refractivity contribution in [2.75, 3.05) is 58.1 Å². The minimum Gasteiger partial charge on any atom is -0.491 e. The third-order valence-electron chi connectivity index (χ3n) is 12.0. The normalized spacial score (nSPS) is 11.7. The molecule has 7 rings (SSSR count). The van der Waals surface area contributed by atoms with E-state index in [0.717, 1.165) is 5.69 Å². The lowest BCUT2D eigenvalue weighted by molar-refractivity contribution is -0.156. The first-order valence-corrected chi connectivity index (χ1v) is 26.0. The molecule has 0 saturated carbocycles. The molecule has 0 bridgehead atoms. The maximum absolute atomic E-state index is 14.0. The Morgan fingerprint density at radius 1 is 0.713 bits per heavy atom. The van der Waals surface area contributed by atoms with Crippen LogP contribution in [-0.4, -0.2) is 143 Å². The summed E-state index contributed by atoms with van der Waals surface area (Å²) in [5, 5.41) is 24.4. The van der Waals surface area contributed by atoms with Crippen molar-refractivity contribution in [1.29, 1.82) is 0 Å². The highest BCUT2D eigenvalue weighted by Gasteiger charge is 2.24. The monoisotopic (exact) mass is 1110 g/mol. The number of carbonyl (C=O) groups excluding carboxylic acids is 5. The SMILES string of the molecule is CCn1nc(C)cc1C(=O)Nc1nc2cc(C(N)=O)cc(OCCCOC(=O)NCCC(=O)O)c2n1CC=CCn1c2nc(-c3cc(C)nn3CC)ncc2c2cc(C(N)=O)cc(OCCOCCOCCC(=O)OC(C)(C)C)c21. The highest BCUT2D eigenvalue weighted by molar-refractivity contribution is 6.12. The number of hydrogen-bond donors (Lipinski definition) is 5. The van der Waals surface area contributed by atoms with E-state index >= 15 is 0 Å². The van der Waals surface area contributed by atoms with Gasteiger partial charge in [-0.25, -0.2) is 19.7 Å². The van der Waals surface area contributed by atoms with Gasteiger partial charge in [-0.1, -0.05) is 12.2 Å². The molecule has 0 saturated heterocycles. The van der Waals surface area contributed by atoms with Gasteiger partial charge in [-0.15, -0.1) is 0 Å². The predicted molar refractivity (Wildman–Crippen MR) is 292 cm³/mol. The van der Waals surface area contributed by atoms with Gasteiger partial charge in [0.05, 0.1) is 74.9 Å². The Balaban J connectivity index is 1.21. The van der Waals surface area contributed by atoms with E-state index in [2.05, 4.69) is 20.8 Å². The predicted octanol–water partition coefficient (Wildman–Crippen LogP) is 5.47. The maximum atomic E-state index is 14.0. The average molecular weight is 1110 g/mol. The van der Waals surface area contributed by atoms with Crippen molar-refractivity contribution >= 4 is 74.7 Å². The van der Waals surface area contributed by atoms with E-state index in [1.54, 1.807) is 61.3 Å². The maximum Gasteiger partial charge on any atom is 0.407 e. The first kappa shape index (κ1) is 58.8. The van der Waals surface area contributed by atoms with Crippen molar-refractivity contribution in [2.24, 2.45) is 11.5 Å². The number of primary amides is 2. The number of hydrogen-bond acceptors (Lipinski definition) is 17. The fraction of sp³-hybridized carbons (Fsp3) is 0.426. The van der Waals surface area contributed by atoms with Gasteiger partial charge in [0, 0.05) is 67.2 Å². The second-order valence-corrected chi connectivity index (χ2v) is 19.2. The Kier molecular flexibility index (Phi) is 19.6. The number of ether oxygens (including phenoxy) is 6. The second kappa shape index (κ2) is 26.6. The van der Waals surface area contributed by atoms with Crippen molar-refractivity contribution in [1.82, 2.24) is 49.0 Å². The van der Waals surface area contributed by atoms with Crippen LogP contribution in [0.5, 0.6) is 11.5 Å². The van der Waals surface area contributed by atoms with E-state index in [0.29, 0.717) is 63.5 Å². The number of allylic oxidation sites excluding steroid dienone is 2. The number of alkyl carbamates (subject to hydrolysis) is 1. The van der Waals surface area contributed by atoms with Crippen LogP contribution in [0.4, 0.5) is 10.7 Å². The van der Waals surface area contributed by atoms with E-state index in [1.165, 1.54) is 12.1 Å². The summed E-state index contributed by atoms with van der Waals surface area (Å²) in [6.45, 7) is 14.8. The number of aliphatic carboxylic acids is 1.